The van der Waals surface area contributed by atoms with Crippen molar-refractivity contribution >= 4 is 11.6 Å². The molecule has 7 unspecified atom stereocenters. The maximum Gasteiger partial charge on any atom is 0.139 e. The molecule has 152 valence electrons. The summed E-state index contributed by atoms with van der Waals surface area (Å²) in [5.74, 6) is 3.34. The number of ketones is 2. The molecule has 0 heterocycles. The maximum absolute atomic E-state index is 12.5. The Kier molecular flexibility index (Phi) is 5.74. The molecule has 0 aromatic rings. The molecule has 0 radical (unpaired) electrons. The van der Waals surface area contributed by atoms with Gasteiger partial charge >= 0.3 is 0 Å². The molecule has 0 amide bonds. The Morgan fingerprint density at radius 2 is 1.74 bits per heavy atom. The van der Waals surface area contributed by atoms with Gasteiger partial charge in [0.05, 0.1) is 6.10 Å². The first-order valence-electron chi connectivity index (χ1n) is 11.1. The monoisotopic (exact) mass is 374 g/mol. The van der Waals surface area contributed by atoms with Crippen LogP contribution < -0.4 is 0 Å². The van der Waals surface area contributed by atoms with Gasteiger partial charge in [0, 0.05) is 18.3 Å². The minimum Gasteiger partial charge on any atom is -0.393 e. The van der Waals surface area contributed by atoms with Crippen molar-refractivity contribution in [1.29, 1.82) is 0 Å². The van der Waals surface area contributed by atoms with Crippen LogP contribution in [0.3, 0.4) is 0 Å². The Hall–Kier alpha value is -0.960. The van der Waals surface area contributed by atoms with E-state index in [-0.39, 0.29) is 22.7 Å². The van der Waals surface area contributed by atoms with E-state index in [1.807, 2.05) is 6.92 Å². The highest BCUT2D eigenvalue weighted by molar-refractivity contribution is 5.87. The molecule has 3 fully saturated rings. The molecule has 0 aromatic carbocycles. The molecule has 0 aromatic heterocycles. The number of carbonyl (C=O) groups is 2. The zero-order chi connectivity index (χ0) is 20.0. The zero-order valence-electron chi connectivity index (χ0n) is 17.9. The fourth-order valence-electron chi connectivity index (χ4n) is 6.77. The molecule has 3 heteroatoms. The van der Waals surface area contributed by atoms with Crippen molar-refractivity contribution in [2.24, 2.45) is 34.5 Å². The van der Waals surface area contributed by atoms with E-state index in [0.29, 0.717) is 30.0 Å². The van der Waals surface area contributed by atoms with Gasteiger partial charge in [0.15, 0.2) is 0 Å². The first-order chi connectivity index (χ1) is 12.6. The summed E-state index contributed by atoms with van der Waals surface area (Å²) in [6.45, 7) is 10.5. The number of hydrogen-bond donors (Lipinski definition) is 1. The first-order valence-corrected chi connectivity index (χ1v) is 11.1. The summed E-state index contributed by atoms with van der Waals surface area (Å²) >= 11 is 0. The normalized spacial score (nSPS) is 45.6. The van der Waals surface area contributed by atoms with Gasteiger partial charge in [-0.1, -0.05) is 39.3 Å². The van der Waals surface area contributed by atoms with Gasteiger partial charge in [-0.15, -0.1) is 0 Å². The molecule has 3 nitrogen and oxygen atoms in total. The number of hydrogen-bond acceptors (Lipinski definition) is 3. The minimum atomic E-state index is -0.134. The van der Waals surface area contributed by atoms with Crippen molar-refractivity contribution in [2.45, 2.75) is 92.1 Å². The van der Waals surface area contributed by atoms with E-state index in [9.17, 15) is 14.7 Å². The number of aliphatic hydroxyl groups excluding tert-OH is 1. The van der Waals surface area contributed by atoms with Crippen LogP contribution in [0.4, 0.5) is 0 Å². The molecular formula is C24H38O3. The predicted molar refractivity (Wildman–Crippen MR) is 108 cm³/mol. The SMILES string of the molecule is CC1C=C2CC(O)CCC2(C)C2CCC3(C)C(=O)CCC3C12.CCC(C)=O. The highest BCUT2D eigenvalue weighted by atomic mass is 16.3. The Morgan fingerprint density at radius 1 is 1.15 bits per heavy atom. The summed E-state index contributed by atoms with van der Waals surface area (Å²) in [5, 5.41) is 10.1. The average molecular weight is 375 g/mol. The van der Waals surface area contributed by atoms with E-state index in [1.54, 1.807) is 6.92 Å². The van der Waals surface area contributed by atoms with Gasteiger partial charge in [0.25, 0.3) is 0 Å². The summed E-state index contributed by atoms with van der Waals surface area (Å²) in [5.41, 5.74) is 1.77. The lowest BCUT2D eigenvalue weighted by Gasteiger charge is -2.58. The molecule has 4 aliphatic carbocycles. The van der Waals surface area contributed by atoms with Crippen LogP contribution in [0.2, 0.25) is 0 Å². The standard InChI is InChI=1S/C20H30O2.C4H8O/c1-12-10-13-11-14(21)6-8-19(13,2)16-7-9-20(3)15(18(12)16)4-5-17(20)22;1-3-4(2)5/h10,12,14-16,18,21H,4-9,11H2,1-3H3;3H2,1-2H3. The summed E-state index contributed by atoms with van der Waals surface area (Å²) < 4.78 is 0. The summed E-state index contributed by atoms with van der Waals surface area (Å²) in [6, 6.07) is 0. The molecule has 4 rings (SSSR count). The van der Waals surface area contributed by atoms with Crippen LogP contribution in [-0.2, 0) is 9.59 Å². The van der Waals surface area contributed by atoms with Crippen LogP contribution >= 0.6 is 0 Å². The third-order valence-electron chi connectivity index (χ3n) is 8.62. The van der Waals surface area contributed by atoms with Crippen LogP contribution in [-0.4, -0.2) is 22.8 Å². The summed E-state index contributed by atoms with van der Waals surface area (Å²) in [7, 11) is 0. The quantitative estimate of drug-likeness (QED) is 0.649. The molecule has 0 aliphatic heterocycles. The fraction of sp³-hybridized carbons (Fsp3) is 0.833. The topological polar surface area (TPSA) is 54.4 Å². The van der Waals surface area contributed by atoms with Gasteiger partial charge in [0.2, 0.25) is 0 Å². The van der Waals surface area contributed by atoms with Crippen molar-refractivity contribution in [3.8, 4) is 0 Å². The van der Waals surface area contributed by atoms with Gasteiger partial charge < -0.3 is 9.90 Å². The Bertz CT molecular complexity index is 636. The van der Waals surface area contributed by atoms with E-state index >= 15 is 0 Å². The van der Waals surface area contributed by atoms with E-state index in [2.05, 4.69) is 26.8 Å². The molecule has 0 bridgehead atoms. The second-order valence-corrected chi connectivity index (χ2v) is 10.1. The predicted octanol–water partition coefficient (Wildman–Crippen LogP) is 5.11. The molecule has 0 spiro atoms. The Morgan fingerprint density at radius 3 is 2.37 bits per heavy atom. The Balaban J connectivity index is 0.000000376. The average Bonchev–Trinajstić information content (AvgIpc) is 2.92. The van der Waals surface area contributed by atoms with Crippen LogP contribution in [0.15, 0.2) is 11.6 Å². The van der Waals surface area contributed by atoms with Gasteiger partial charge in [-0.2, -0.15) is 0 Å². The van der Waals surface area contributed by atoms with Gasteiger partial charge in [-0.25, -0.2) is 0 Å². The number of Topliss-reactive ketones (excluding diaryl/α,β-unsaturated/α-hetero) is 2. The number of carbonyl (C=O) groups excluding carboxylic acids is 2. The van der Waals surface area contributed by atoms with E-state index in [0.717, 1.165) is 44.4 Å². The van der Waals surface area contributed by atoms with E-state index < -0.39 is 0 Å². The van der Waals surface area contributed by atoms with Crippen LogP contribution in [0.25, 0.3) is 0 Å². The third-order valence-corrected chi connectivity index (χ3v) is 8.62. The van der Waals surface area contributed by atoms with Gasteiger partial charge in [-0.05, 0) is 74.5 Å². The second-order valence-electron chi connectivity index (χ2n) is 10.1. The van der Waals surface area contributed by atoms with E-state index in [4.69, 9.17) is 0 Å². The summed E-state index contributed by atoms with van der Waals surface area (Å²) in [6.07, 6.45) is 10.2. The molecule has 27 heavy (non-hydrogen) atoms. The lowest BCUT2D eigenvalue weighted by atomic mass is 9.46. The Labute approximate surface area is 165 Å². The molecule has 0 saturated heterocycles. The number of rotatable bonds is 1. The highest BCUT2D eigenvalue weighted by Gasteiger charge is 2.59. The van der Waals surface area contributed by atoms with Crippen molar-refractivity contribution in [1.82, 2.24) is 0 Å². The largest absolute Gasteiger partial charge is 0.393 e. The van der Waals surface area contributed by atoms with Crippen molar-refractivity contribution in [3.63, 3.8) is 0 Å². The van der Waals surface area contributed by atoms with E-state index in [1.165, 1.54) is 12.0 Å². The smallest absolute Gasteiger partial charge is 0.139 e. The lowest BCUT2D eigenvalue weighted by Crippen LogP contribution is -2.52. The number of aliphatic hydroxyl groups is 1. The third kappa shape index (κ3) is 3.45. The first kappa shape index (κ1) is 20.8. The van der Waals surface area contributed by atoms with Gasteiger partial charge in [-0.3, -0.25) is 4.79 Å². The number of fused-ring (bicyclic) bond motifs is 5. The number of allylic oxidation sites excluding steroid dienone is 1. The highest BCUT2D eigenvalue weighted by Crippen LogP contribution is 2.65. The zero-order valence-corrected chi connectivity index (χ0v) is 17.9. The van der Waals surface area contributed by atoms with Crippen molar-refractivity contribution in [3.05, 3.63) is 11.6 Å². The molecular weight excluding hydrogens is 336 g/mol. The van der Waals surface area contributed by atoms with Crippen LogP contribution in [0.1, 0.15) is 86.0 Å². The lowest BCUT2D eigenvalue weighted by molar-refractivity contribution is -0.133. The fourth-order valence-corrected chi connectivity index (χ4v) is 6.77. The summed E-state index contributed by atoms with van der Waals surface area (Å²) in [4.78, 5) is 22.3. The maximum atomic E-state index is 12.5. The molecule has 1 N–H and O–H groups in total. The molecule has 7 atom stereocenters. The second kappa shape index (κ2) is 7.46. The van der Waals surface area contributed by atoms with Crippen molar-refractivity contribution in [2.75, 3.05) is 0 Å². The van der Waals surface area contributed by atoms with Crippen molar-refractivity contribution < 1.29 is 14.7 Å². The minimum absolute atomic E-state index is 0.0364. The van der Waals surface area contributed by atoms with Crippen LogP contribution in [0, 0.1) is 34.5 Å². The molecule has 4 aliphatic rings. The van der Waals surface area contributed by atoms with Gasteiger partial charge in [0.1, 0.15) is 11.6 Å². The van der Waals surface area contributed by atoms with Crippen LogP contribution in [0.5, 0.6) is 0 Å². The molecule has 3 saturated carbocycles.